The molecule has 184 valence electrons. The van der Waals surface area contributed by atoms with E-state index in [1.807, 2.05) is 18.0 Å². The van der Waals surface area contributed by atoms with Crippen LogP contribution in [0.4, 0.5) is 0 Å². The van der Waals surface area contributed by atoms with Gasteiger partial charge < -0.3 is 14.4 Å². The van der Waals surface area contributed by atoms with E-state index in [-0.39, 0.29) is 34.0 Å². The van der Waals surface area contributed by atoms with Gasteiger partial charge in [0.25, 0.3) is 5.91 Å². The van der Waals surface area contributed by atoms with Crippen LogP contribution < -0.4 is 5.43 Å². The first kappa shape index (κ1) is 21.7. The number of nitrogens with zero attached hydrogens (tertiary/aromatic N) is 2. The van der Waals surface area contributed by atoms with Gasteiger partial charge in [-0.05, 0) is 98.4 Å². The lowest BCUT2D eigenvalue weighted by atomic mass is 9.43. The molecule has 2 aromatic rings. The SMILES string of the molecule is CN(C(=O)c1cc(=O)cco1)C1CCC23CCC1C21CCN(CC2CC2)C3Cc2ccc(O)cc21. The molecule has 4 aliphatic carbocycles. The van der Waals surface area contributed by atoms with Crippen molar-refractivity contribution in [3.05, 3.63) is 63.7 Å². The van der Waals surface area contributed by atoms with Gasteiger partial charge in [0.1, 0.15) is 5.75 Å². The molecule has 4 fully saturated rings. The fraction of sp³-hybridized carbons (Fsp3) is 0.586. The first-order valence-electron chi connectivity index (χ1n) is 13.4. The molecular weight excluding hydrogens is 440 g/mol. The van der Waals surface area contributed by atoms with E-state index in [9.17, 15) is 14.7 Å². The Morgan fingerprint density at radius 1 is 1.14 bits per heavy atom. The summed E-state index contributed by atoms with van der Waals surface area (Å²) in [6.45, 7) is 2.34. The van der Waals surface area contributed by atoms with Gasteiger partial charge in [0.05, 0.1) is 6.26 Å². The quantitative estimate of drug-likeness (QED) is 0.726. The van der Waals surface area contributed by atoms with Crippen molar-refractivity contribution in [1.29, 1.82) is 0 Å². The maximum atomic E-state index is 13.4. The van der Waals surface area contributed by atoms with Crippen molar-refractivity contribution < 1.29 is 14.3 Å². The third-order valence-corrected chi connectivity index (χ3v) is 10.6. The van der Waals surface area contributed by atoms with Crippen LogP contribution in [0, 0.1) is 17.3 Å². The summed E-state index contributed by atoms with van der Waals surface area (Å²) >= 11 is 0. The van der Waals surface area contributed by atoms with E-state index in [2.05, 4.69) is 17.0 Å². The number of phenols is 1. The van der Waals surface area contributed by atoms with Crippen molar-refractivity contribution in [1.82, 2.24) is 9.80 Å². The molecule has 1 amide bonds. The van der Waals surface area contributed by atoms with E-state index in [0.717, 1.165) is 44.6 Å². The van der Waals surface area contributed by atoms with Crippen LogP contribution in [0.3, 0.4) is 0 Å². The van der Waals surface area contributed by atoms with Crippen molar-refractivity contribution in [2.75, 3.05) is 20.1 Å². The normalized spacial score (nSPS) is 35.3. The summed E-state index contributed by atoms with van der Waals surface area (Å²) in [7, 11) is 1.88. The molecule has 1 N–H and O–H groups in total. The number of fused-ring (bicyclic) bond motifs is 1. The summed E-state index contributed by atoms with van der Waals surface area (Å²) in [4.78, 5) is 30.0. The highest BCUT2D eigenvalue weighted by Gasteiger charge is 2.71. The maximum absolute atomic E-state index is 13.4. The fourth-order valence-electron chi connectivity index (χ4n) is 9.05. The molecule has 6 nitrogen and oxygen atoms in total. The van der Waals surface area contributed by atoms with Crippen LogP contribution in [0.2, 0.25) is 0 Å². The minimum atomic E-state index is -0.210. The largest absolute Gasteiger partial charge is 0.508 e. The number of hydrogen-bond acceptors (Lipinski definition) is 5. The third kappa shape index (κ3) is 2.92. The molecule has 1 saturated heterocycles. The molecule has 4 bridgehead atoms. The molecule has 3 saturated carbocycles. The lowest BCUT2D eigenvalue weighted by molar-refractivity contribution is -0.104. The minimum Gasteiger partial charge on any atom is -0.508 e. The molecule has 6 heteroatoms. The highest BCUT2D eigenvalue weighted by Crippen LogP contribution is 2.72. The number of aromatic hydroxyl groups is 1. The van der Waals surface area contributed by atoms with Crippen LogP contribution in [0.5, 0.6) is 5.75 Å². The monoisotopic (exact) mass is 474 g/mol. The topological polar surface area (TPSA) is 74.0 Å². The van der Waals surface area contributed by atoms with Crippen molar-refractivity contribution in [3.8, 4) is 5.75 Å². The summed E-state index contributed by atoms with van der Waals surface area (Å²) < 4.78 is 5.44. The molecular formula is C29H34N2O4. The van der Waals surface area contributed by atoms with Crippen molar-refractivity contribution in [3.63, 3.8) is 0 Å². The van der Waals surface area contributed by atoms with Gasteiger partial charge in [-0.3, -0.25) is 14.5 Å². The van der Waals surface area contributed by atoms with E-state index in [4.69, 9.17) is 4.42 Å². The highest BCUT2D eigenvalue weighted by molar-refractivity contribution is 5.91. The molecule has 5 unspecified atom stereocenters. The van der Waals surface area contributed by atoms with Crippen LogP contribution >= 0.6 is 0 Å². The number of benzene rings is 1. The van der Waals surface area contributed by atoms with Crippen molar-refractivity contribution >= 4 is 5.91 Å². The average Bonchev–Trinajstić information content (AvgIpc) is 3.64. The Morgan fingerprint density at radius 2 is 1.97 bits per heavy atom. The number of phenolic OH excluding ortho intramolecular Hbond substituents is 1. The molecule has 1 aromatic heterocycles. The molecule has 2 heterocycles. The summed E-state index contributed by atoms with van der Waals surface area (Å²) in [6.07, 6.45) is 10.6. The molecule has 1 aliphatic heterocycles. The number of likely N-dealkylation sites (tertiary alicyclic amines) is 1. The second-order valence-electron chi connectivity index (χ2n) is 11.9. The Kier molecular flexibility index (Phi) is 4.61. The first-order valence-corrected chi connectivity index (χ1v) is 13.4. The van der Waals surface area contributed by atoms with Crippen LogP contribution in [0.1, 0.15) is 66.6 Å². The van der Waals surface area contributed by atoms with Crippen LogP contribution in [-0.4, -0.2) is 53.0 Å². The van der Waals surface area contributed by atoms with Crippen LogP contribution in [0.15, 0.2) is 45.8 Å². The van der Waals surface area contributed by atoms with Gasteiger partial charge in [-0.1, -0.05) is 6.07 Å². The van der Waals surface area contributed by atoms with Gasteiger partial charge in [0, 0.05) is 43.2 Å². The molecule has 7 rings (SSSR count). The van der Waals surface area contributed by atoms with Gasteiger partial charge in [0.2, 0.25) is 0 Å². The van der Waals surface area contributed by atoms with E-state index >= 15 is 0 Å². The average molecular weight is 475 g/mol. The number of carbonyl (C=O) groups is 1. The van der Waals surface area contributed by atoms with E-state index < -0.39 is 0 Å². The summed E-state index contributed by atoms with van der Waals surface area (Å²) in [5.74, 6) is 1.47. The van der Waals surface area contributed by atoms with E-state index in [1.54, 1.807) is 0 Å². The van der Waals surface area contributed by atoms with Gasteiger partial charge >= 0.3 is 0 Å². The zero-order chi connectivity index (χ0) is 23.9. The Balaban J connectivity index is 1.31. The summed E-state index contributed by atoms with van der Waals surface area (Å²) in [6, 6.07) is 9.34. The molecule has 1 aromatic carbocycles. The number of amides is 1. The number of rotatable bonds is 4. The molecule has 35 heavy (non-hydrogen) atoms. The molecule has 0 radical (unpaired) electrons. The second kappa shape index (κ2) is 7.45. The second-order valence-corrected chi connectivity index (χ2v) is 11.9. The Hall–Kier alpha value is -2.60. The van der Waals surface area contributed by atoms with Gasteiger partial charge in [-0.25, -0.2) is 0 Å². The van der Waals surface area contributed by atoms with Crippen molar-refractivity contribution in [2.45, 2.75) is 68.9 Å². The third-order valence-electron chi connectivity index (χ3n) is 10.6. The number of carbonyl (C=O) groups excluding carboxylic acids is 1. The molecule has 5 atom stereocenters. The zero-order valence-corrected chi connectivity index (χ0v) is 20.4. The summed E-state index contributed by atoms with van der Waals surface area (Å²) in [5.41, 5.74) is 2.72. The van der Waals surface area contributed by atoms with Crippen LogP contribution in [0.25, 0.3) is 0 Å². The highest BCUT2D eigenvalue weighted by atomic mass is 16.3. The Bertz CT molecular complexity index is 1250. The summed E-state index contributed by atoms with van der Waals surface area (Å²) in [5, 5.41) is 10.6. The van der Waals surface area contributed by atoms with Crippen LogP contribution in [-0.2, 0) is 11.8 Å². The van der Waals surface area contributed by atoms with Crippen molar-refractivity contribution in [2.24, 2.45) is 17.3 Å². The lowest BCUT2D eigenvalue weighted by Crippen LogP contribution is -2.70. The maximum Gasteiger partial charge on any atom is 0.289 e. The number of hydrogen-bond donors (Lipinski definition) is 1. The smallest absolute Gasteiger partial charge is 0.289 e. The Morgan fingerprint density at radius 3 is 2.77 bits per heavy atom. The fourth-order valence-corrected chi connectivity index (χ4v) is 9.05. The van der Waals surface area contributed by atoms with Gasteiger partial charge in [0.15, 0.2) is 11.2 Å². The standard InChI is InChI=1S/C29H34N2O4/c1-30(27(34)25-16-21(33)8-13-35-25)24-7-10-28-9-6-22(24)29(28)11-12-31(17-18-2-3-18)26(28)14-19-4-5-20(32)15-23(19)29/h4-5,8,13,15-16,18,22,24,26,32H,2-3,6-7,9-12,14,17H2,1H3. The zero-order valence-electron chi connectivity index (χ0n) is 20.4. The van der Waals surface area contributed by atoms with Gasteiger partial charge in [-0.2, -0.15) is 0 Å². The minimum absolute atomic E-state index is 0.0149. The molecule has 5 aliphatic rings. The predicted molar refractivity (Wildman–Crippen MR) is 131 cm³/mol. The number of piperidine rings is 1. The van der Waals surface area contributed by atoms with E-state index in [0.29, 0.717) is 17.7 Å². The van der Waals surface area contributed by atoms with E-state index in [1.165, 1.54) is 55.3 Å². The molecule has 0 spiro atoms. The predicted octanol–water partition coefficient (Wildman–Crippen LogP) is 3.95. The first-order chi connectivity index (χ1) is 16.9. The van der Waals surface area contributed by atoms with Gasteiger partial charge in [-0.15, -0.1) is 0 Å². The lowest BCUT2D eigenvalue weighted by Gasteiger charge is -2.67. The Labute approximate surface area is 205 Å².